The summed E-state index contributed by atoms with van der Waals surface area (Å²) in [5.41, 5.74) is 2.73. The quantitative estimate of drug-likeness (QED) is 0.546. The maximum atomic E-state index is 12.9. The van der Waals surface area contributed by atoms with Gasteiger partial charge in [-0.05, 0) is 36.4 Å². The summed E-state index contributed by atoms with van der Waals surface area (Å²) in [7, 11) is 0. The molecular formula is C22H20N8O. The fourth-order valence-electron chi connectivity index (χ4n) is 3.51. The Bertz CT molecular complexity index is 1190. The number of anilines is 3. The van der Waals surface area contributed by atoms with Gasteiger partial charge in [0.15, 0.2) is 11.6 Å². The van der Waals surface area contributed by atoms with Gasteiger partial charge in [0.25, 0.3) is 5.91 Å². The minimum absolute atomic E-state index is 0.0972. The maximum absolute atomic E-state index is 12.9. The van der Waals surface area contributed by atoms with Gasteiger partial charge in [0.2, 0.25) is 0 Å². The van der Waals surface area contributed by atoms with Crippen LogP contribution in [0.2, 0.25) is 0 Å². The molecule has 9 nitrogen and oxygen atoms in total. The zero-order valence-electron chi connectivity index (χ0n) is 16.7. The summed E-state index contributed by atoms with van der Waals surface area (Å²) in [4.78, 5) is 29.7. The highest BCUT2D eigenvalue weighted by atomic mass is 16.2. The normalized spacial score (nSPS) is 13.9. The fraction of sp³-hybridized carbons (Fsp3) is 0.182. The molecule has 3 aromatic heterocycles. The van der Waals surface area contributed by atoms with Crippen LogP contribution in [0.25, 0.3) is 11.0 Å². The van der Waals surface area contributed by atoms with Crippen molar-refractivity contribution in [3.05, 3.63) is 72.8 Å². The lowest BCUT2D eigenvalue weighted by Gasteiger charge is -2.35. The van der Waals surface area contributed by atoms with Gasteiger partial charge in [0, 0.05) is 32.4 Å². The fourth-order valence-corrected chi connectivity index (χ4v) is 3.51. The first-order chi connectivity index (χ1) is 15.3. The maximum Gasteiger partial charge on any atom is 0.274 e. The van der Waals surface area contributed by atoms with Crippen molar-refractivity contribution in [2.45, 2.75) is 0 Å². The Kier molecular flexibility index (Phi) is 5.05. The van der Waals surface area contributed by atoms with E-state index >= 15 is 0 Å². The van der Waals surface area contributed by atoms with Gasteiger partial charge in [-0.1, -0.05) is 12.1 Å². The zero-order valence-corrected chi connectivity index (χ0v) is 16.7. The number of nitrogens with one attached hydrogen (secondary N) is 1. The van der Waals surface area contributed by atoms with Crippen LogP contribution in [0.15, 0.2) is 67.1 Å². The third-order valence-corrected chi connectivity index (χ3v) is 5.14. The number of hydrogen-bond acceptors (Lipinski definition) is 8. The molecule has 4 aromatic rings. The van der Waals surface area contributed by atoms with Crippen LogP contribution in [-0.2, 0) is 0 Å². The molecular weight excluding hydrogens is 392 g/mol. The molecule has 0 atom stereocenters. The van der Waals surface area contributed by atoms with Crippen LogP contribution in [-0.4, -0.2) is 62.1 Å². The summed E-state index contributed by atoms with van der Waals surface area (Å²) in [6.45, 7) is 2.53. The monoisotopic (exact) mass is 412 g/mol. The number of carbonyl (C=O) groups excluding carboxylic acids is 1. The Morgan fingerprint density at radius 2 is 1.71 bits per heavy atom. The molecule has 0 bridgehead atoms. The molecule has 1 N–H and O–H groups in total. The number of para-hydroxylation sites is 2. The Morgan fingerprint density at radius 1 is 0.871 bits per heavy atom. The first-order valence-electron chi connectivity index (χ1n) is 10.0. The van der Waals surface area contributed by atoms with Gasteiger partial charge < -0.3 is 15.1 Å². The third kappa shape index (κ3) is 4.11. The lowest BCUT2D eigenvalue weighted by atomic mass is 10.2. The average molecular weight is 412 g/mol. The summed E-state index contributed by atoms with van der Waals surface area (Å²) >= 11 is 0. The van der Waals surface area contributed by atoms with Gasteiger partial charge in [0.05, 0.1) is 29.1 Å². The molecule has 9 heteroatoms. The molecule has 5 rings (SSSR count). The number of fused-ring (bicyclic) bond motifs is 1. The van der Waals surface area contributed by atoms with Crippen molar-refractivity contribution in [3.8, 4) is 0 Å². The number of amides is 1. The highest BCUT2D eigenvalue weighted by Crippen LogP contribution is 2.18. The summed E-state index contributed by atoms with van der Waals surface area (Å²) < 4.78 is 0. The predicted octanol–water partition coefficient (Wildman–Crippen LogP) is 2.52. The smallest absolute Gasteiger partial charge is 0.274 e. The highest BCUT2D eigenvalue weighted by molar-refractivity contribution is 5.94. The first-order valence-corrected chi connectivity index (χ1v) is 10.0. The lowest BCUT2D eigenvalue weighted by molar-refractivity contribution is 0.0740. The van der Waals surface area contributed by atoms with E-state index in [0.717, 1.165) is 22.5 Å². The van der Waals surface area contributed by atoms with Gasteiger partial charge in [-0.2, -0.15) is 0 Å². The lowest BCUT2D eigenvalue weighted by Crippen LogP contribution is -2.49. The molecule has 1 aliphatic rings. The molecule has 0 radical (unpaired) electrons. The van der Waals surface area contributed by atoms with E-state index < -0.39 is 0 Å². The molecule has 154 valence electrons. The molecule has 0 aliphatic carbocycles. The minimum Gasteiger partial charge on any atom is -0.352 e. The Balaban J connectivity index is 1.21. The van der Waals surface area contributed by atoms with Crippen LogP contribution < -0.4 is 10.2 Å². The van der Waals surface area contributed by atoms with Crippen molar-refractivity contribution in [1.29, 1.82) is 0 Å². The van der Waals surface area contributed by atoms with Crippen LogP contribution in [0, 0.1) is 0 Å². The molecule has 0 saturated carbocycles. The van der Waals surface area contributed by atoms with Crippen LogP contribution in [0.5, 0.6) is 0 Å². The summed E-state index contributed by atoms with van der Waals surface area (Å²) in [6, 6.07) is 15.1. The van der Waals surface area contributed by atoms with E-state index in [9.17, 15) is 4.79 Å². The van der Waals surface area contributed by atoms with Gasteiger partial charge in [-0.15, -0.1) is 10.2 Å². The third-order valence-electron chi connectivity index (χ3n) is 5.14. The number of pyridine rings is 1. The molecule has 31 heavy (non-hydrogen) atoms. The summed E-state index contributed by atoms with van der Waals surface area (Å²) in [5.74, 6) is 1.34. The van der Waals surface area contributed by atoms with Crippen LogP contribution in [0.4, 0.5) is 17.3 Å². The van der Waals surface area contributed by atoms with Crippen molar-refractivity contribution in [2.24, 2.45) is 0 Å². The van der Waals surface area contributed by atoms with E-state index in [1.54, 1.807) is 23.5 Å². The molecule has 1 aromatic carbocycles. The van der Waals surface area contributed by atoms with Crippen molar-refractivity contribution in [2.75, 3.05) is 36.4 Å². The SMILES string of the molecule is O=C(c1cnc2ccccc2n1)N1CCN(c2ccc(Nc3cccnc3)nn2)CC1. The van der Waals surface area contributed by atoms with E-state index in [1.165, 1.54) is 0 Å². The zero-order chi connectivity index (χ0) is 21.0. The van der Waals surface area contributed by atoms with Crippen molar-refractivity contribution in [1.82, 2.24) is 30.0 Å². The van der Waals surface area contributed by atoms with E-state index in [0.29, 0.717) is 37.7 Å². The Morgan fingerprint density at radius 3 is 2.45 bits per heavy atom. The van der Waals surface area contributed by atoms with Crippen molar-refractivity contribution in [3.63, 3.8) is 0 Å². The first kappa shape index (κ1) is 18.9. The standard InChI is InChI=1S/C22H20N8O/c31-22(19-15-24-17-5-1-2-6-18(17)26-19)30-12-10-29(11-13-30)21-8-7-20(27-28-21)25-16-4-3-9-23-14-16/h1-9,14-15H,10-13H2,(H,25,27). The van der Waals surface area contributed by atoms with E-state index in [1.807, 2.05) is 48.5 Å². The molecule has 0 unspecified atom stereocenters. The Labute approximate surface area is 178 Å². The number of aromatic nitrogens is 5. The number of piperazine rings is 1. The van der Waals surface area contributed by atoms with Crippen molar-refractivity contribution >= 4 is 34.3 Å². The topological polar surface area (TPSA) is 100 Å². The predicted molar refractivity (Wildman–Crippen MR) is 117 cm³/mol. The van der Waals surface area contributed by atoms with Gasteiger partial charge in [-0.3, -0.25) is 14.8 Å². The van der Waals surface area contributed by atoms with E-state index in [-0.39, 0.29) is 5.91 Å². The second-order valence-electron chi connectivity index (χ2n) is 7.17. The molecule has 0 spiro atoms. The Hall–Kier alpha value is -4.14. The molecule has 4 heterocycles. The van der Waals surface area contributed by atoms with Crippen molar-refractivity contribution < 1.29 is 4.79 Å². The highest BCUT2D eigenvalue weighted by Gasteiger charge is 2.24. The largest absolute Gasteiger partial charge is 0.352 e. The van der Waals surface area contributed by atoms with Gasteiger partial charge in [0.1, 0.15) is 5.69 Å². The number of benzene rings is 1. The van der Waals surface area contributed by atoms with E-state index in [4.69, 9.17) is 0 Å². The van der Waals surface area contributed by atoms with Crippen LogP contribution >= 0.6 is 0 Å². The second kappa shape index (κ2) is 8.31. The summed E-state index contributed by atoms with van der Waals surface area (Å²) in [5, 5.41) is 11.7. The number of rotatable bonds is 4. The van der Waals surface area contributed by atoms with Gasteiger partial charge in [-0.25, -0.2) is 4.98 Å². The van der Waals surface area contributed by atoms with E-state index in [2.05, 4.69) is 35.4 Å². The number of hydrogen-bond donors (Lipinski definition) is 1. The van der Waals surface area contributed by atoms with Gasteiger partial charge >= 0.3 is 0 Å². The number of carbonyl (C=O) groups is 1. The average Bonchev–Trinajstić information content (AvgIpc) is 2.84. The molecule has 1 fully saturated rings. The molecule has 1 saturated heterocycles. The molecule has 1 amide bonds. The number of nitrogens with zero attached hydrogens (tertiary/aromatic N) is 7. The minimum atomic E-state index is -0.0972. The van der Waals surface area contributed by atoms with Crippen LogP contribution in [0.1, 0.15) is 10.5 Å². The summed E-state index contributed by atoms with van der Waals surface area (Å²) in [6.07, 6.45) is 5.00. The van der Waals surface area contributed by atoms with Crippen LogP contribution in [0.3, 0.4) is 0 Å². The second-order valence-corrected chi connectivity index (χ2v) is 7.17. The molecule has 1 aliphatic heterocycles.